The summed E-state index contributed by atoms with van der Waals surface area (Å²) in [7, 11) is 0. The third kappa shape index (κ3) is 5.90. The zero-order chi connectivity index (χ0) is 26.5. The smallest absolute Gasteiger partial charge is 0.279 e. The van der Waals surface area contributed by atoms with Crippen LogP contribution in [0.3, 0.4) is 0 Å². The lowest BCUT2D eigenvalue weighted by atomic mass is 10.1. The van der Waals surface area contributed by atoms with E-state index in [2.05, 4.69) is 28.5 Å². The van der Waals surface area contributed by atoms with Gasteiger partial charge in [-0.3, -0.25) is 9.59 Å². The second-order valence-corrected chi connectivity index (χ2v) is 9.83. The first-order valence-corrected chi connectivity index (χ1v) is 13.2. The fourth-order valence-electron chi connectivity index (χ4n) is 3.96. The number of fused-ring (bicyclic) bond motifs is 1. The number of thioether (sulfide) groups is 1. The van der Waals surface area contributed by atoms with Crippen molar-refractivity contribution in [2.75, 3.05) is 6.61 Å². The number of benzene rings is 4. The zero-order valence-corrected chi connectivity index (χ0v) is 22.0. The summed E-state index contributed by atoms with van der Waals surface area (Å²) in [6.07, 6.45) is 1.73. The minimum Gasteiger partial charge on any atom is -0.490 e. The molecule has 190 valence electrons. The Morgan fingerprint density at radius 2 is 1.76 bits per heavy atom. The average molecular weight is 543 g/mol. The largest absolute Gasteiger partial charge is 0.490 e. The van der Waals surface area contributed by atoms with E-state index >= 15 is 0 Å². The highest BCUT2D eigenvalue weighted by atomic mass is 35.5. The molecule has 4 aromatic carbocycles. The zero-order valence-electron chi connectivity index (χ0n) is 20.4. The highest BCUT2D eigenvalue weighted by molar-refractivity contribution is 8.18. The predicted octanol–water partition coefficient (Wildman–Crippen LogP) is 6.87. The Hall–Kier alpha value is -4.07. The van der Waals surface area contributed by atoms with Crippen molar-refractivity contribution in [2.45, 2.75) is 13.5 Å². The number of rotatable bonds is 7. The van der Waals surface area contributed by atoms with Gasteiger partial charge in [-0.25, -0.2) is 0 Å². The van der Waals surface area contributed by atoms with E-state index in [1.807, 2.05) is 49.4 Å². The summed E-state index contributed by atoms with van der Waals surface area (Å²) in [6.45, 7) is 2.76. The standard InChI is InChI=1S/C30H23ClN2O4S/c1-2-36-26-16-19(10-15-25(26)37-18-22-8-5-7-20-6-3-4-9-24(20)22)17-27-29(35)33-30(38-27)32-28(34)21-11-13-23(31)14-12-21/h3-17H,2,18H2,1H3,(H,32,33,34,35)/b27-17-. The lowest BCUT2D eigenvalue weighted by molar-refractivity contribution is -0.115. The third-order valence-corrected chi connectivity index (χ3v) is 6.94. The Kier molecular flexibility index (Phi) is 7.77. The summed E-state index contributed by atoms with van der Waals surface area (Å²) in [5.41, 5.74) is 2.22. The number of halogens is 1. The van der Waals surface area contributed by atoms with Crippen LogP contribution in [0.1, 0.15) is 28.4 Å². The SMILES string of the molecule is CCOc1cc(/C=C2\SC(=NC(=O)c3ccc(Cl)cc3)NC2=O)ccc1OCc1cccc2ccccc12. The van der Waals surface area contributed by atoms with Gasteiger partial charge in [0.1, 0.15) is 6.61 Å². The number of hydrogen-bond donors (Lipinski definition) is 1. The first kappa shape index (κ1) is 25.6. The highest BCUT2D eigenvalue weighted by Crippen LogP contribution is 2.33. The van der Waals surface area contributed by atoms with Crippen molar-refractivity contribution in [2.24, 2.45) is 4.99 Å². The van der Waals surface area contributed by atoms with Gasteiger partial charge in [-0.05, 0) is 83.1 Å². The van der Waals surface area contributed by atoms with Crippen LogP contribution >= 0.6 is 23.4 Å². The summed E-state index contributed by atoms with van der Waals surface area (Å²) in [5.74, 6) is 0.405. The van der Waals surface area contributed by atoms with Crippen LogP contribution in [0.5, 0.6) is 11.5 Å². The van der Waals surface area contributed by atoms with Gasteiger partial charge in [-0.1, -0.05) is 60.1 Å². The fourth-order valence-corrected chi connectivity index (χ4v) is 4.90. The van der Waals surface area contributed by atoms with Gasteiger partial charge in [0.2, 0.25) is 0 Å². The van der Waals surface area contributed by atoms with E-state index in [1.165, 1.54) is 0 Å². The van der Waals surface area contributed by atoms with Gasteiger partial charge in [0.05, 0.1) is 11.5 Å². The summed E-state index contributed by atoms with van der Waals surface area (Å²) in [6, 6.07) is 26.3. The van der Waals surface area contributed by atoms with Gasteiger partial charge in [-0.2, -0.15) is 4.99 Å². The Bertz CT molecular complexity index is 1580. The van der Waals surface area contributed by atoms with Crippen LogP contribution in [0.25, 0.3) is 16.8 Å². The molecule has 1 saturated heterocycles. The first-order valence-electron chi connectivity index (χ1n) is 12.0. The summed E-state index contributed by atoms with van der Waals surface area (Å²) < 4.78 is 12.0. The van der Waals surface area contributed by atoms with Crippen molar-refractivity contribution in [3.8, 4) is 11.5 Å². The molecule has 8 heteroatoms. The van der Waals surface area contributed by atoms with Crippen molar-refractivity contribution in [3.63, 3.8) is 0 Å². The van der Waals surface area contributed by atoms with Gasteiger partial charge in [0.25, 0.3) is 11.8 Å². The average Bonchev–Trinajstić information content (AvgIpc) is 3.26. The number of nitrogens with one attached hydrogen (secondary N) is 1. The van der Waals surface area contributed by atoms with Crippen molar-refractivity contribution in [3.05, 3.63) is 112 Å². The Labute approximate surface area is 229 Å². The normalized spacial score (nSPS) is 15.2. The maximum atomic E-state index is 12.5. The molecule has 4 aromatic rings. The molecule has 5 rings (SSSR count). The number of amidine groups is 1. The molecule has 0 bridgehead atoms. The van der Waals surface area contributed by atoms with Gasteiger partial charge in [-0.15, -0.1) is 0 Å². The third-order valence-electron chi connectivity index (χ3n) is 5.77. The second-order valence-electron chi connectivity index (χ2n) is 8.36. The predicted molar refractivity (Wildman–Crippen MR) is 153 cm³/mol. The van der Waals surface area contributed by atoms with Gasteiger partial charge < -0.3 is 14.8 Å². The summed E-state index contributed by atoms with van der Waals surface area (Å²) in [4.78, 5) is 29.4. The number of nitrogens with zero attached hydrogens (tertiary/aromatic N) is 1. The molecule has 0 aromatic heterocycles. The molecule has 0 spiro atoms. The number of aliphatic imine (C=N–C) groups is 1. The molecule has 1 aliphatic rings. The fraction of sp³-hybridized carbons (Fsp3) is 0.100. The number of ether oxygens (including phenoxy) is 2. The lowest BCUT2D eigenvalue weighted by Gasteiger charge is -2.14. The molecule has 38 heavy (non-hydrogen) atoms. The topological polar surface area (TPSA) is 77.0 Å². The van der Waals surface area contributed by atoms with Crippen LogP contribution in [-0.2, 0) is 11.4 Å². The van der Waals surface area contributed by atoms with Crippen LogP contribution < -0.4 is 14.8 Å². The molecule has 6 nitrogen and oxygen atoms in total. The van der Waals surface area contributed by atoms with E-state index in [0.29, 0.717) is 40.2 Å². The second kappa shape index (κ2) is 11.5. The Morgan fingerprint density at radius 3 is 2.58 bits per heavy atom. The molecule has 0 aliphatic carbocycles. The molecule has 1 fully saturated rings. The summed E-state index contributed by atoms with van der Waals surface area (Å²) >= 11 is 6.98. The quantitative estimate of drug-likeness (QED) is 0.258. The van der Waals surface area contributed by atoms with Crippen LogP contribution in [0.2, 0.25) is 5.02 Å². The van der Waals surface area contributed by atoms with Gasteiger partial charge in [0.15, 0.2) is 16.7 Å². The monoisotopic (exact) mass is 542 g/mol. The van der Waals surface area contributed by atoms with Crippen molar-refractivity contribution >= 4 is 57.2 Å². The lowest BCUT2D eigenvalue weighted by Crippen LogP contribution is -2.20. The van der Waals surface area contributed by atoms with Crippen molar-refractivity contribution in [1.82, 2.24) is 5.32 Å². The molecule has 0 atom stereocenters. The van der Waals surface area contributed by atoms with Gasteiger partial charge >= 0.3 is 0 Å². The van der Waals surface area contributed by atoms with Crippen molar-refractivity contribution < 1.29 is 19.1 Å². The molecular weight excluding hydrogens is 520 g/mol. The molecule has 0 unspecified atom stereocenters. The van der Waals surface area contributed by atoms with Crippen LogP contribution in [0.4, 0.5) is 0 Å². The van der Waals surface area contributed by atoms with E-state index < -0.39 is 5.91 Å². The maximum absolute atomic E-state index is 12.5. The molecule has 1 aliphatic heterocycles. The van der Waals surface area contributed by atoms with E-state index in [9.17, 15) is 9.59 Å². The van der Waals surface area contributed by atoms with Gasteiger partial charge in [0, 0.05) is 10.6 Å². The molecule has 0 saturated carbocycles. The molecule has 1 N–H and O–H groups in total. The number of carbonyl (C=O) groups excluding carboxylic acids is 2. The van der Waals surface area contributed by atoms with Crippen LogP contribution in [0, 0.1) is 0 Å². The Morgan fingerprint density at radius 1 is 0.974 bits per heavy atom. The van der Waals surface area contributed by atoms with Crippen LogP contribution in [-0.4, -0.2) is 23.6 Å². The number of amides is 2. The minimum absolute atomic E-state index is 0.223. The van der Waals surface area contributed by atoms with E-state index in [0.717, 1.165) is 33.7 Å². The van der Waals surface area contributed by atoms with Crippen molar-refractivity contribution in [1.29, 1.82) is 0 Å². The van der Waals surface area contributed by atoms with E-state index in [4.69, 9.17) is 21.1 Å². The number of carbonyl (C=O) groups is 2. The summed E-state index contributed by atoms with van der Waals surface area (Å²) in [5, 5.41) is 5.70. The molecule has 1 heterocycles. The molecular formula is C30H23ClN2O4S. The highest BCUT2D eigenvalue weighted by Gasteiger charge is 2.25. The van der Waals surface area contributed by atoms with Crippen LogP contribution in [0.15, 0.2) is 94.8 Å². The number of hydrogen-bond acceptors (Lipinski definition) is 5. The Balaban J connectivity index is 1.32. The first-order chi connectivity index (χ1) is 18.5. The maximum Gasteiger partial charge on any atom is 0.279 e. The van der Waals surface area contributed by atoms with E-state index in [1.54, 1.807) is 30.3 Å². The minimum atomic E-state index is -0.461. The van der Waals surface area contributed by atoms with E-state index in [-0.39, 0.29) is 11.1 Å². The molecule has 0 radical (unpaired) electrons. The molecule has 2 amide bonds.